The van der Waals surface area contributed by atoms with Gasteiger partial charge in [-0.15, -0.1) is 0 Å². The lowest BCUT2D eigenvalue weighted by Gasteiger charge is -2.11. The molecular weight excluding hydrogens is 270 g/mol. The average molecular weight is 279 g/mol. The summed E-state index contributed by atoms with van der Waals surface area (Å²) in [4.78, 5) is 11.2. The van der Waals surface area contributed by atoms with Gasteiger partial charge in [-0.2, -0.15) is 8.78 Å². The van der Waals surface area contributed by atoms with E-state index in [1.165, 1.54) is 13.0 Å². The molecule has 15 heavy (non-hydrogen) atoms. The Morgan fingerprint density at radius 1 is 1.47 bits per heavy atom. The third-order valence-electron chi connectivity index (χ3n) is 1.77. The normalized spacial score (nSPS) is 10.5. The second kappa shape index (κ2) is 4.70. The summed E-state index contributed by atoms with van der Waals surface area (Å²) in [5.74, 6) is -0.418. The van der Waals surface area contributed by atoms with Crippen LogP contribution >= 0.6 is 15.9 Å². The SMILES string of the molecule is CC(=O)c1cc(C)cc(Br)c1OC(F)F. The minimum Gasteiger partial charge on any atom is -0.433 e. The molecule has 0 unspecified atom stereocenters. The number of alkyl halides is 2. The van der Waals surface area contributed by atoms with Crippen molar-refractivity contribution >= 4 is 21.7 Å². The van der Waals surface area contributed by atoms with Crippen molar-refractivity contribution in [3.63, 3.8) is 0 Å². The fraction of sp³-hybridized carbons (Fsp3) is 0.300. The van der Waals surface area contributed by atoms with Gasteiger partial charge in [0.05, 0.1) is 10.0 Å². The maximum absolute atomic E-state index is 12.1. The van der Waals surface area contributed by atoms with Crippen molar-refractivity contribution in [3.05, 3.63) is 27.7 Å². The highest BCUT2D eigenvalue weighted by atomic mass is 79.9. The first kappa shape index (κ1) is 12.1. The van der Waals surface area contributed by atoms with Gasteiger partial charge in [0.2, 0.25) is 0 Å². The van der Waals surface area contributed by atoms with Gasteiger partial charge < -0.3 is 4.74 Å². The van der Waals surface area contributed by atoms with Gasteiger partial charge in [-0.25, -0.2) is 0 Å². The highest BCUT2D eigenvalue weighted by molar-refractivity contribution is 9.10. The molecular formula is C10H9BrF2O2. The summed E-state index contributed by atoms with van der Waals surface area (Å²) in [5, 5.41) is 0. The highest BCUT2D eigenvalue weighted by Crippen LogP contribution is 2.32. The number of carbonyl (C=O) groups is 1. The van der Waals surface area contributed by atoms with E-state index in [1.807, 2.05) is 0 Å². The van der Waals surface area contributed by atoms with Crippen molar-refractivity contribution in [1.82, 2.24) is 0 Å². The summed E-state index contributed by atoms with van der Waals surface area (Å²) in [7, 11) is 0. The molecule has 0 bridgehead atoms. The Kier molecular flexibility index (Phi) is 3.79. The van der Waals surface area contributed by atoms with Gasteiger partial charge in [0, 0.05) is 0 Å². The van der Waals surface area contributed by atoms with Crippen molar-refractivity contribution in [2.45, 2.75) is 20.5 Å². The summed E-state index contributed by atoms with van der Waals surface area (Å²) >= 11 is 3.08. The van der Waals surface area contributed by atoms with Gasteiger partial charge in [-0.3, -0.25) is 4.79 Å². The lowest BCUT2D eigenvalue weighted by atomic mass is 10.1. The number of carbonyl (C=O) groups excluding carboxylic acids is 1. The predicted molar refractivity (Wildman–Crippen MR) is 55.5 cm³/mol. The summed E-state index contributed by atoms with van der Waals surface area (Å²) in [6.07, 6.45) is 0. The van der Waals surface area contributed by atoms with E-state index in [0.717, 1.165) is 5.56 Å². The number of Topliss-reactive ketones (excluding diaryl/α,β-unsaturated/α-hetero) is 1. The van der Waals surface area contributed by atoms with Crippen LogP contribution in [0.3, 0.4) is 0 Å². The summed E-state index contributed by atoms with van der Waals surface area (Å²) in [6.45, 7) is 0.130. The van der Waals surface area contributed by atoms with Crippen molar-refractivity contribution in [3.8, 4) is 5.75 Å². The molecule has 0 radical (unpaired) electrons. The molecule has 0 saturated heterocycles. The van der Waals surface area contributed by atoms with E-state index >= 15 is 0 Å². The van der Waals surface area contributed by atoms with Gasteiger partial charge in [0.1, 0.15) is 0 Å². The molecule has 0 aromatic heterocycles. The molecule has 2 nitrogen and oxygen atoms in total. The fourth-order valence-corrected chi connectivity index (χ4v) is 1.87. The van der Waals surface area contributed by atoms with Crippen molar-refractivity contribution in [2.24, 2.45) is 0 Å². The zero-order chi connectivity index (χ0) is 11.6. The Morgan fingerprint density at radius 2 is 2.07 bits per heavy atom. The number of halogens is 3. The number of aryl methyl sites for hydroxylation is 1. The molecule has 1 aromatic rings. The monoisotopic (exact) mass is 278 g/mol. The third-order valence-corrected chi connectivity index (χ3v) is 2.36. The Hall–Kier alpha value is -0.970. The minimum atomic E-state index is -2.94. The van der Waals surface area contributed by atoms with Gasteiger partial charge in [-0.05, 0) is 47.5 Å². The molecule has 0 atom stereocenters. The van der Waals surface area contributed by atoms with Crippen molar-refractivity contribution < 1.29 is 18.3 Å². The molecule has 0 fully saturated rings. The van der Waals surface area contributed by atoms with E-state index in [0.29, 0.717) is 4.47 Å². The number of hydrogen-bond donors (Lipinski definition) is 0. The van der Waals surface area contributed by atoms with Crippen LogP contribution in [-0.2, 0) is 0 Å². The van der Waals surface area contributed by atoms with Crippen molar-refractivity contribution in [1.29, 1.82) is 0 Å². The highest BCUT2D eigenvalue weighted by Gasteiger charge is 2.16. The number of hydrogen-bond acceptors (Lipinski definition) is 2. The molecule has 5 heteroatoms. The zero-order valence-electron chi connectivity index (χ0n) is 8.18. The van der Waals surface area contributed by atoms with Crippen LogP contribution in [0, 0.1) is 6.92 Å². The molecule has 0 aliphatic carbocycles. The Morgan fingerprint density at radius 3 is 2.53 bits per heavy atom. The Bertz CT molecular complexity index is 391. The van der Waals surface area contributed by atoms with E-state index in [9.17, 15) is 13.6 Å². The second-order valence-corrected chi connectivity index (χ2v) is 3.91. The van der Waals surface area contributed by atoms with Crippen LogP contribution < -0.4 is 4.74 Å². The number of ether oxygens (including phenoxy) is 1. The summed E-state index contributed by atoms with van der Waals surface area (Å²) < 4.78 is 28.8. The molecule has 1 rings (SSSR count). The molecule has 0 N–H and O–H groups in total. The molecule has 82 valence electrons. The topological polar surface area (TPSA) is 26.3 Å². The molecule has 0 saturated carbocycles. The van der Waals surface area contributed by atoms with E-state index in [1.54, 1.807) is 13.0 Å². The van der Waals surface area contributed by atoms with Gasteiger partial charge >= 0.3 is 6.61 Å². The fourth-order valence-electron chi connectivity index (χ4n) is 1.20. The first-order valence-corrected chi connectivity index (χ1v) is 4.97. The maximum atomic E-state index is 12.1. The largest absolute Gasteiger partial charge is 0.433 e. The standard InChI is InChI=1S/C10H9BrF2O2/c1-5-3-7(6(2)14)9(8(11)4-5)15-10(12)13/h3-4,10H,1-2H3. The zero-order valence-corrected chi connectivity index (χ0v) is 9.77. The van der Waals surface area contributed by atoms with E-state index < -0.39 is 6.61 Å². The van der Waals surface area contributed by atoms with Crippen LogP contribution in [-0.4, -0.2) is 12.4 Å². The second-order valence-electron chi connectivity index (χ2n) is 3.06. The molecule has 0 aliphatic rings. The van der Waals surface area contributed by atoms with Gasteiger partial charge in [-0.1, -0.05) is 0 Å². The van der Waals surface area contributed by atoms with Crippen LogP contribution in [0.1, 0.15) is 22.8 Å². The van der Waals surface area contributed by atoms with E-state index in [4.69, 9.17) is 0 Å². The van der Waals surface area contributed by atoms with Crippen molar-refractivity contribution in [2.75, 3.05) is 0 Å². The maximum Gasteiger partial charge on any atom is 0.387 e. The minimum absolute atomic E-state index is 0.108. The number of ketones is 1. The van der Waals surface area contributed by atoms with E-state index in [2.05, 4.69) is 20.7 Å². The third kappa shape index (κ3) is 2.99. The first-order chi connectivity index (χ1) is 6.91. The van der Waals surface area contributed by atoms with Crippen LogP contribution in [0.25, 0.3) is 0 Å². The molecule has 1 aromatic carbocycles. The predicted octanol–water partition coefficient (Wildman–Crippen LogP) is 3.56. The van der Waals surface area contributed by atoms with E-state index in [-0.39, 0.29) is 17.1 Å². The molecule has 0 heterocycles. The Labute approximate surface area is 94.4 Å². The average Bonchev–Trinajstić information content (AvgIpc) is 2.08. The quantitative estimate of drug-likeness (QED) is 0.791. The molecule has 0 spiro atoms. The van der Waals surface area contributed by atoms with Crippen LogP contribution in [0.2, 0.25) is 0 Å². The van der Waals surface area contributed by atoms with Gasteiger partial charge in [0.15, 0.2) is 11.5 Å². The van der Waals surface area contributed by atoms with Crippen LogP contribution in [0.5, 0.6) is 5.75 Å². The number of benzene rings is 1. The smallest absolute Gasteiger partial charge is 0.387 e. The number of rotatable bonds is 3. The van der Waals surface area contributed by atoms with Crippen LogP contribution in [0.15, 0.2) is 16.6 Å². The van der Waals surface area contributed by atoms with Crippen LogP contribution in [0.4, 0.5) is 8.78 Å². The lowest BCUT2D eigenvalue weighted by molar-refractivity contribution is -0.0506. The first-order valence-electron chi connectivity index (χ1n) is 4.17. The summed E-state index contributed by atoms with van der Waals surface area (Å²) in [5.41, 5.74) is 0.955. The Balaban J connectivity index is 3.27. The van der Waals surface area contributed by atoms with Gasteiger partial charge in [0.25, 0.3) is 0 Å². The molecule has 0 amide bonds. The summed E-state index contributed by atoms with van der Waals surface area (Å²) in [6, 6.07) is 3.13. The molecule has 0 aliphatic heterocycles. The lowest BCUT2D eigenvalue weighted by Crippen LogP contribution is -2.07.